The van der Waals surface area contributed by atoms with Crippen molar-refractivity contribution in [2.24, 2.45) is 0 Å². The van der Waals surface area contributed by atoms with Gasteiger partial charge in [-0.2, -0.15) is 31.4 Å². The lowest BCUT2D eigenvalue weighted by Crippen LogP contribution is -2.41. The Morgan fingerprint density at radius 2 is 1.35 bits per heavy atom. The van der Waals surface area contributed by atoms with E-state index in [0.717, 1.165) is 24.3 Å². The van der Waals surface area contributed by atoms with Crippen LogP contribution in [0.1, 0.15) is 31.9 Å². The Morgan fingerprint density at radius 3 is 1.84 bits per heavy atom. The van der Waals surface area contributed by atoms with Crippen LogP contribution in [0.2, 0.25) is 10.0 Å². The molecule has 1 amide bonds. The van der Waals surface area contributed by atoms with E-state index >= 15 is 0 Å². The molecule has 2 aromatic carbocycles. The van der Waals surface area contributed by atoms with Crippen molar-refractivity contribution in [3.63, 3.8) is 0 Å². The number of hydrogen-bond acceptors (Lipinski definition) is 3. The maximum Gasteiger partial charge on any atom is 0.434 e. The number of carbonyl (C=O) groups is 1. The zero-order valence-electron chi connectivity index (χ0n) is 16.3. The third kappa shape index (κ3) is 6.10. The van der Waals surface area contributed by atoms with E-state index in [0.29, 0.717) is 17.1 Å². The topological polar surface area (TPSA) is 41.6 Å². The quantitative estimate of drug-likeness (QED) is 0.354. The summed E-state index contributed by atoms with van der Waals surface area (Å²) in [5.74, 6) is 0. The third-order valence-corrected chi connectivity index (χ3v) is 4.44. The van der Waals surface area contributed by atoms with Crippen molar-refractivity contribution in [3.8, 4) is 0 Å². The summed E-state index contributed by atoms with van der Waals surface area (Å²) in [5.41, 5.74) is -2.16. The van der Waals surface area contributed by atoms with Crippen molar-refractivity contribution in [2.45, 2.75) is 38.7 Å². The summed E-state index contributed by atoms with van der Waals surface area (Å²) in [6, 6.07) is 5.57. The molecule has 0 unspecified atom stereocenters. The summed E-state index contributed by atoms with van der Waals surface area (Å²) >= 11 is 11.7. The fourth-order valence-corrected chi connectivity index (χ4v) is 2.97. The van der Waals surface area contributed by atoms with Gasteiger partial charge in [0.2, 0.25) is 0 Å². The van der Waals surface area contributed by atoms with Crippen molar-refractivity contribution in [3.05, 3.63) is 57.6 Å². The van der Waals surface area contributed by atoms with Gasteiger partial charge in [-0.25, -0.2) is 4.79 Å². The normalized spacial score (nSPS) is 12.5. The molecule has 0 bridgehead atoms. The number of nitrogens with one attached hydrogen (secondary N) is 1. The van der Waals surface area contributed by atoms with E-state index in [9.17, 15) is 31.1 Å². The lowest BCUT2D eigenvalue weighted by atomic mass is 10.1. The predicted molar refractivity (Wildman–Crippen MR) is 105 cm³/mol. The Bertz CT molecular complexity index is 971. The fraction of sp³-hybridized carbons (Fsp3) is 0.316. The van der Waals surface area contributed by atoms with Crippen LogP contribution in [0.5, 0.6) is 0 Å². The highest BCUT2D eigenvalue weighted by atomic mass is 35.5. The number of halogens is 8. The first-order valence-corrected chi connectivity index (χ1v) is 9.29. The van der Waals surface area contributed by atoms with Crippen LogP contribution in [-0.2, 0) is 17.1 Å². The van der Waals surface area contributed by atoms with Gasteiger partial charge in [-0.15, -0.1) is 0 Å². The van der Waals surface area contributed by atoms with Crippen LogP contribution in [-0.4, -0.2) is 11.7 Å². The molecule has 170 valence electrons. The number of carbonyl (C=O) groups excluding carboxylic acids is 1. The van der Waals surface area contributed by atoms with E-state index in [2.05, 4.69) is 5.43 Å². The minimum Gasteiger partial charge on any atom is -0.442 e. The van der Waals surface area contributed by atoms with Gasteiger partial charge in [0.25, 0.3) is 0 Å². The Balaban J connectivity index is 2.61. The van der Waals surface area contributed by atoms with Gasteiger partial charge in [-0.3, -0.25) is 5.43 Å². The van der Waals surface area contributed by atoms with Crippen LogP contribution >= 0.6 is 23.2 Å². The van der Waals surface area contributed by atoms with Crippen LogP contribution in [0.15, 0.2) is 36.4 Å². The van der Waals surface area contributed by atoms with E-state index in [1.54, 1.807) is 0 Å². The predicted octanol–water partition coefficient (Wildman–Crippen LogP) is 7.80. The number of amides is 1. The van der Waals surface area contributed by atoms with E-state index in [4.69, 9.17) is 27.9 Å². The molecule has 0 saturated carbocycles. The molecule has 0 radical (unpaired) electrons. The van der Waals surface area contributed by atoms with Crippen molar-refractivity contribution < 1.29 is 35.9 Å². The largest absolute Gasteiger partial charge is 0.442 e. The Labute approximate surface area is 183 Å². The molecule has 0 saturated heterocycles. The minimum absolute atomic E-state index is 0.407. The molecule has 0 heterocycles. The van der Waals surface area contributed by atoms with Gasteiger partial charge < -0.3 is 4.74 Å². The molecule has 1 N–H and O–H groups in total. The van der Waals surface area contributed by atoms with Gasteiger partial charge in [-0.1, -0.05) is 35.3 Å². The number of hydrazine groups is 1. The maximum absolute atomic E-state index is 13.3. The number of anilines is 2. The van der Waals surface area contributed by atoms with Gasteiger partial charge in [-0.05, 0) is 45.0 Å². The molecule has 2 rings (SSSR count). The van der Waals surface area contributed by atoms with Crippen LogP contribution in [0.25, 0.3) is 0 Å². The molecule has 31 heavy (non-hydrogen) atoms. The van der Waals surface area contributed by atoms with Crippen LogP contribution in [0, 0.1) is 0 Å². The van der Waals surface area contributed by atoms with Crippen LogP contribution in [0.4, 0.5) is 42.5 Å². The first-order chi connectivity index (χ1) is 14.0. The summed E-state index contributed by atoms with van der Waals surface area (Å²) in [4.78, 5) is 12.7. The number of alkyl halides is 6. The second-order valence-electron chi connectivity index (χ2n) is 7.23. The molecule has 0 aliphatic rings. The molecule has 0 fully saturated rings. The highest BCUT2D eigenvalue weighted by Crippen LogP contribution is 2.42. The van der Waals surface area contributed by atoms with Crippen molar-refractivity contribution >= 4 is 40.7 Å². The summed E-state index contributed by atoms with van der Waals surface area (Å²) in [5, 5.41) is -1.20. The maximum atomic E-state index is 13.3. The summed E-state index contributed by atoms with van der Waals surface area (Å²) in [6.45, 7) is 4.48. The van der Waals surface area contributed by atoms with Crippen LogP contribution < -0.4 is 10.4 Å². The standard InChI is InChI=1S/C19H16Cl2F6N2O2/c1-17(2,3)31-16(30)29(13-9-5-7-11(15(13)21)19(25,26)27)28-12-8-4-6-10(14(12)20)18(22,23)24/h4-9,28H,1-3H3. The molecule has 4 nitrogen and oxygen atoms in total. The average Bonchev–Trinajstić information content (AvgIpc) is 2.57. The number of hydrogen-bond donors (Lipinski definition) is 1. The Morgan fingerprint density at radius 1 is 0.871 bits per heavy atom. The Kier molecular flexibility index (Phi) is 6.97. The average molecular weight is 489 g/mol. The van der Waals surface area contributed by atoms with Gasteiger partial charge in [0.15, 0.2) is 0 Å². The minimum atomic E-state index is -4.85. The van der Waals surface area contributed by atoms with E-state index in [1.165, 1.54) is 20.8 Å². The number of nitrogens with zero attached hydrogens (tertiary/aromatic N) is 1. The third-order valence-electron chi connectivity index (χ3n) is 3.64. The van der Waals surface area contributed by atoms with Gasteiger partial charge in [0.05, 0.1) is 32.5 Å². The summed E-state index contributed by atoms with van der Waals surface area (Å²) < 4.78 is 84.4. The second kappa shape index (κ2) is 8.66. The first-order valence-electron chi connectivity index (χ1n) is 8.53. The number of rotatable bonds is 3. The highest BCUT2D eigenvalue weighted by molar-refractivity contribution is 6.35. The number of benzene rings is 2. The van der Waals surface area contributed by atoms with E-state index < -0.39 is 56.6 Å². The summed E-state index contributed by atoms with van der Waals surface area (Å²) in [6.07, 6.45) is -10.9. The molecular formula is C19H16Cl2F6N2O2. The molecule has 0 aliphatic carbocycles. The van der Waals surface area contributed by atoms with E-state index in [-0.39, 0.29) is 0 Å². The molecule has 2 aromatic rings. The van der Waals surface area contributed by atoms with Gasteiger partial charge >= 0.3 is 18.4 Å². The van der Waals surface area contributed by atoms with Crippen molar-refractivity contribution in [2.75, 3.05) is 10.4 Å². The smallest absolute Gasteiger partial charge is 0.434 e. The second-order valence-corrected chi connectivity index (χ2v) is 7.98. The van der Waals surface area contributed by atoms with Gasteiger partial charge in [0, 0.05) is 0 Å². The first kappa shape index (κ1) is 24.9. The molecule has 0 atom stereocenters. The fourth-order valence-electron chi connectivity index (χ4n) is 2.38. The zero-order valence-corrected chi connectivity index (χ0v) is 17.8. The van der Waals surface area contributed by atoms with Gasteiger partial charge in [0.1, 0.15) is 5.60 Å². The number of ether oxygens (including phenoxy) is 1. The molecule has 0 aromatic heterocycles. The molecule has 0 aliphatic heterocycles. The van der Waals surface area contributed by atoms with Crippen molar-refractivity contribution in [1.82, 2.24) is 0 Å². The lowest BCUT2D eigenvalue weighted by Gasteiger charge is -2.30. The van der Waals surface area contributed by atoms with Crippen molar-refractivity contribution in [1.29, 1.82) is 0 Å². The monoisotopic (exact) mass is 488 g/mol. The highest BCUT2D eigenvalue weighted by Gasteiger charge is 2.37. The molecular weight excluding hydrogens is 473 g/mol. The van der Waals surface area contributed by atoms with Crippen LogP contribution in [0.3, 0.4) is 0 Å². The molecule has 12 heteroatoms. The zero-order chi connectivity index (χ0) is 23.8. The molecule has 0 spiro atoms. The SMILES string of the molecule is CC(C)(C)OC(=O)N(Nc1cccc(C(F)(F)F)c1Cl)c1cccc(C(F)(F)F)c1Cl. The Hall–Kier alpha value is -2.33. The lowest BCUT2D eigenvalue weighted by molar-refractivity contribution is -0.138. The summed E-state index contributed by atoms with van der Waals surface area (Å²) in [7, 11) is 0. The van der Waals surface area contributed by atoms with E-state index in [1.807, 2.05) is 0 Å².